The van der Waals surface area contributed by atoms with Gasteiger partial charge in [0.05, 0.1) is 0 Å². The summed E-state index contributed by atoms with van der Waals surface area (Å²) < 4.78 is 5.71. The van der Waals surface area contributed by atoms with Gasteiger partial charge in [0.1, 0.15) is 23.1 Å². The fourth-order valence-corrected chi connectivity index (χ4v) is 4.44. The molecule has 0 atom stereocenters. The second-order valence-corrected chi connectivity index (χ2v) is 9.10. The number of aromatic nitrogens is 1. The number of ether oxygens (including phenoxy) is 1. The third kappa shape index (κ3) is 5.47. The monoisotopic (exact) mass is 469 g/mol. The average Bonchev–Trinajstić information content (AvgIpc) is 3.28. The van der Waals surface area contributed by atoms with Gasteiger partial charge in [0.2, 0.25) is 0 Å². The van der Waals surface area contributed by atoms with Crippen molar-refractivity contribution in [3.05, 3.63) is 80.8 Å². The van der Waals surface area contributed by atoms with Crippen molar-refractivity contribution < 1.29 is 14.3 Å². The Kier molecular flexibility index (Phi) is 7.07. The molecule has 1 N–H and O–H groups in total. The van der Waals surface area contributed by atoms with Crippen LogP contribution in [-0.2, 0) is 6.61 Å². The third-order valence-corrected chi connectivity index (χ3v) is 6.53. The van der Waals surface area contributed by atoms with Crippen LogP contribution in [0.15, 0.2) is 53.9 Å². The predicted octanol–water partition coefficient (Wildman–Crippen LogP) is 4.72. The zero-order valence-electron chi connectivity index (χ0n) is 17.7. The van der Waals surface area contributed by atoms with Crippen LogP contribution in [0.3, 0.4) is 0 Å². The summed E-state index contributed by atoms with van der Waals surface area (Å²) in [6, 6.07) is 14.7. The zero-order valence-corrected chi connectivity index (χ0v) is 19.3. The molecule has 32 heavy (non-hydrogen) atoms. The average molecular weight is 470 g/mol. The number of thiazole rings is 1. The van der Waals surface area contributed by atoms with E-state index in [1.165, 1.54) is 11.3 Å². The molecule has 1 fully saturated rings. The first-order valence-corrected chi connectivity index (χ1v) is 11.7. The van der Waals surface area contributed by atoms with Gasteiger partial charge >= 0.3 is 0 Å². The van der Waals surface area contributed by atoms with Gasteiger partial charge in [0.25, 0.3) is 11.8 Å². The van der Waals surface area contributed by atoms with Crippen LogP contribution in [0.1, 0.15) is 44.3 Å². The number of piperidine rings is 1. The molecule has 2 heterocycles. The van der Waals surface area contributed by atoms with Crippen molar-refractivity contribution in [2.45, 2.75) is 32.4 Å². The van der Waals surface area contributed by atoms with Gasteiger partial charge in [-0.25, -0.2) is 4.98 Å². The van der Waals surface area contributed by atoms with Crippen LogP contribution in [0, 0.1) is 6.92 Å². The van der Waals surface area contributed by atoms with Gasteiger partial charge in [-0.3, -0.25) is 9.59 Å². The van der Waals surface area contributed by atoms with Crippen molar-refractivity contribution in [3.8, 4) is 5.75 Å². The van der Waals surface area contributed by atoms with Gasteiger partial charge in [-0.15, -0.1) is 11.3 Å². The van der Waals surface area contributed by atoms with Gasteiger partial charge in [0, 0.05) is 35.1 Å². The maximum absolute atomic E-state index is 12.8. The molecule has 1 aromatic heterocycles. The first-order chi connectivity index (χ1) is 15.5. The quantitative estimate of drug-likeness (QED) is 0.567. The maximum atomic E-state index is 12.8. The lowest BCUT2D eigenvalue weighted by Crippen LogP contribution is -2.46. The highest BCUT2D eigenvalue weighted by molar-refractivity contribution is 7.09. The van der Waals surface area contributed by atoms with Crippen molar-refractivity contribution >= 4 is 34.8 Å². The molecule has 0 unspecified atom stereocenters. The molecule has 1 saturated heterocycles. The molecule has 2 amide bonds. The minimum atomic E-state index is -0.0809. The number of amides is 2. The number of hydrogen-bond donors (Lipinski definition) is 1. The Morgan fingerprint density at radius 2 is 1.88 bits per heavy atom. The minimum absolute atomic E-state index is 0.0577. The molecule has 166 valence electrons. The first kappa shape index (κ1) is 22.3. The van der Waals surface area contributed by atoms with E-state index in [4.69, 9.17) is 16.3 Å². The molecule has 1 aliphatic rings. The highest BCUT2D eigenvalue weighted by atomic mass is 35.5. The molecule has 3 aromatic rings. The molecule has 8 heteroatoms. The van der Waals surface area contributed by atoms with Gasteiger partial charge < -0.3 is 15.0 Å². The number of carbonyl (C=O) groups excluding carboxylic acids is 2. The summed E-state index contributed by atoms with van der Waals surface area (Å²) in [5.41, 5.74) is 2.09. The number of aryl methyl sites for hydroxylation is 1. The summed E-state index contributed by atoms with van der Waals surface area (Å²) >= 11 is 7.29. The Hall–Kier alpha value is -2.90. The summed E-state index contributed by atoms with van der Waals surface area (Å²) in [6.45, 7) is 3.41. The van der Waals surface area contributed by atoms with Crippen molar-refractivity contribution in [2.24, 2.45) is 0 Å². The van der Waals surface area contributed by atoms with Gasteiger partial charge in [-0.1, -0.05) is 29.8 Å². The number of nitrogens with one attached hydrogen (secondary N) is 1. The molecule has 0 bridgehead atoms. The van der Waals surface area contributed by atoms with E-state index in [2.05, 4.69) is 10.3 Å². The predicted molar refractivity (Wildman–Crippen MR) is 125 cm³/mol. The van der Waals surface area contributed by atoms with Crippen LogP contribution < -0.4 is 10.1 Å². The van der Waals surface area contributed by atoms with Crippen LogP contribution in [0.25, 0.3) is 0 Å². The molecular weight excluding hydrogens is 446 g/mol. The Labute approximate surface area is 196 Å². The molecule has 0 saturated carbocycles. The minimum Gasteiger partial charge on any atom is -0.486 e. The van der Waals surface area contributed by atoms with Crippen molar-refractivity contribution in [1.82, 2.24) is 15.2 Å². The standard InChI is InChI=1S/C24H24ClN3O3S/c1-16-4-2-3-5-20(16)23(29)26-18-10-12-28(13-11-18)24(30)21-15-32-22(27-21)14-31-19-8-6-17(25)7-9-19/h2-9,15,18H,10-14H2,1H3,(H,26,29). The SMILES string of the molecule is Cc1ccccc1C(=O)NC1CCN(C(=O)c2csc(COc3ccc(Cl)cc3)n2)CC1. The molecule has 1 aliphatic heterocycles. The van der Waals surface area contributed by atoms with E-state index >= 15 is 0 Å². The Morgan fingerprint density at radius 1 is 1.16 bits per heavy atom. The van der Waals surface area contributed by atoms with E-state index in [1.54, 1.807) is 34.5 Å². The van der Waals surface area contributed by atoms with Crippen LogP contribution in [0.2, 0.25) is 5.02 Å². The summed E-state index contributed by atoms with van der Waals surface area (Å²) in [5.74, 6) is 0.563. The van der Waals surface area contributed by atoms with Crippen LogP contribution in [-0.4, -0.2) is 40.8 Å². The number of carbonyl (C=O) groups is 2. The van der Waals surface area contributed by atoms with Crippen LogP contribution in [0.5, 0.6) is 5.75 Å². The van der Waals surface area contributed by atoms with E-state index < -0.39 is 0 Å². The molecule has 6 nitrogen and oxygen atoms in total. The Morgan fingerprint density at radius 3 is 2.59 bits per heavy atom. The summed E-state index contributed by atoms with van der Waals surface area (Å²) in [7, 11) is 0. The van der Waals surface area contributed by atoms with Crippen molar-refractivity contribution in [2.75, 3.05) is 13.1 Å². The molecule has 4 rings (SSSR count). The smallest absolute Gasteiger partial charge is 0.273 e. The van der Waals surface area contributed by atoms with Gasteiger partial charge in [0.15, 0.2) is 0 Å². The molecule has 0 aliphatic carbocycles. The Balaban J connectivity index is 1.27. The first-order valence-electron chi connectivity index (χ1n) is 10.5. The normalized spacial score (nSPS) is 14.2. The summed E-state index contributed by atoms with van der Waals surface area (Å²) in [5, 5.41) is 6.26. The lowest BCUT2D eigenvalue weighted by molar-refractivity contribution is 0.0693. The highest BCUT2D eigenvalue weighted by Crippen LogP contribution is 2.20. The molecular formula is C24H24ClN3O3S. The topological polar surface area (TPSA) is 71.5 Å². The number of likely N-dealkylation sites (tertiary alicyclic amines) is 1. The van der Waals surface area contributed by atoms with Crippen LogP contribution in [0.4, 0.5) is 0 Å². The van der Waals surface area contributed by atoms with Crippen molar-refractivity contribution in [3.63, 3.8) is 0 Å². The van der Waals surface area contributed by atoms with Gasteiger partial charge in [-0.05, 0) is 55.7 Å². The zero-order chi connectivity index (χ0) is 22.5. The molecule has 2 aromatic carbocycles. The highest BCUT2D eigenvalue weighted by Gasteiger charge is 2.26. The number of halogens is 1. The fourth-order valence-electron chi connectivity index (χ4n) is 3.63. The van der Waals surface area contributed by atoms with E-state index in [0.29, 0.717) is 41.7 Å². The third-order valence-electron chi connectivity index (χ3n) is 5.45. The molecule has 0 spiro atoms. The lowest BCUT2D eigenvalue weighted by Gasteiger charge is -2.32. The van der Waals surface area contributed by atoms with E-state index in [1.807, 2.05) is 31.2 Å². The van der Waals surface area contributed by atoms with Crippen LogP contribution >= 0.6 is 22.9 Å². The lowest BCUT2D eigenvalue weighted by atomic mass is 10.0. The summed E-state index contributed by atoms with van der Waals surface area (Å²) in [4.78, 5) is 31.6. The van der Waals surface area contributed by atoms with Gasteiger partial charge in [-0.2, -0.15) is 0 Å². The van der Waals surface area contributed by atoms with E-state index in [-0.39, 0.29) is 17.9 Å². The Bertz CT molecular complexity index is 1090. The van der Waals surface area contributed by atoms with Crippen molar-refractivity contribution in [1.29, 1.82) is 0 Å². The number of rotatable bonds is 6. The largest absolute Gasteiger partial charge is 0.486 e. The number of nitrogens with zero attached hydrogens (tertiary/aromatic N) is 2. The second kappa shape index (κ2) is 10.1. The second-order valence-electron chi connectivity index (χ2n) is 7.72. The molecule has 0 radical (unpaired) electrons. The number of benzene rings is 2. The fraction of sp³-hybridized carbons (Fsp3) is 0.292. The summed E-state index contributed by atoms with van der Waals surface area (Å²) in [6.07, 6.45) is 1.44. The number of hydrogen-bond acceptors (Lipinski definition) is 5. The maximum Gasteiger partial charge on any atom is 0.273 e. The van der Waals surface area contributed by atoms with E-state index in [0.717, 1.165) is 23.4 Å². The van der Waals surface area contributed by atoms with E-state index in [9.17, 15) is 9.59 Å².